The van der Waals surface area contributed by atoms with Gasteiger partial charge < -0.3 is 0 Å². The molecule has 0 saturated heterocycles. The molecule has 1 unspecified atom stereocenters. The number of hydrogen-bond donors (Lipinski definition) is 0. The average molecular weight is 349 g/mol. The maximum atomic E-state index is 12.6. The van der Waals surface area contributed by atoms with Gasteiger partial charge in [-0.05, 0) is 6.92 Å². The van der Waals surface area contributed by atoms with Crippen molar-refractivity contribution in [3.8, 4) is 11.4 Å². The van der Waals surface area contributed by atoms with Crippen molar-refractivity contribution in [1.82, 2.24) is 14.8 Å². The van der Waals surface area contributed by atoms with Crippen LogP contribution in [0.25, 0.3) is 11.4 Å². The zero-order valence-corrected chi connectivity index (χ0v) is 14.8. The number of ketones is 1. The van der Waals surface area contributed by atoms with E-state index in [1.165, 1.54) is 11.8 Å². The molecule has 0 aliphatic heterocycles. The molecule has 25 heavy (non-hydrogen) atoms. The van der Waals surface area contributed by atoms with Crippen LogP contribution in [0.5, 0.6) is 0 Å². The van der Waals surface area contributed by atoms with Crippen molar-refractivity contribution in [2.24, 2.45) is 0 Å². The van der Waals surface area contributed by atoms with Gasteiger partial charge in [-0.1, -0.05) is 78.5 Å². The highest BCUT2D eigenvalue weighted by Gasteiger charge is 2.21. The van der Waals surface area contributed by atoms with Crippen molar-refractivity contribution in [1.29, 1.82) is 0 Å². The number of nitrogens with zero attached hydrogens (tertiary/aromatic N) is 3. The Morgan fingerprint density at radius 3 is 2.40 bits per heavy atom. The van der Waals surface area contributed by atoms with Crippen molar-refractivity contribution >= 4 is 17.5 Å². The summed E-state index contributed by atoms with van der Waals surface area (Å²) in [5.74, 6) is 0.863. The number of hydrogen-bond acceptors (Lipinski definition) is 4. The Hall–Kier alpha value is -2.66. The van der Waals surface area contributed by atoms with E-state index in [1.807, 2.05) is 78.2 Å². The Labute approximate surface area is 151 Å². The maximum Gasteiger partial charge on any atom is 0.192 e. The lowest BCUT2D eigenvalue weighted by molar-refractivity contribution is 0.0994. The lowest BCUT2D eigenvalue weighted by Gasteiger charge is -2.12. The summed E-state index contributed by atoms with van der Waals surface area (Å²) in [4.78, 5) is 12.6. The minimum absolute atomic E-state index is 0.0833. The van der Waals surface area contributed by atoms with Crippen LogP contribution in [-0.4, -0.2) is 25.8 Å². The highest BCUT2D eigenvalue weighted by Crippen LogP contribution is 2.28. The van der Waals surface area contributed by atoms with Crippen LogP contribution < -0.4 is 0 Å². The number of carbonyl (C=O) groups is 1. The van der Waals surface area contributed by atoms with Gasteiger partial charge in [0.1, 0.15) is 0 Å². The Morgan fingerprint density at radius 1 is 1.12 bits per heavy atom. The largest absolute Gasteiger partial charge is 0.298 e. The predicted molar refractivity (Wildman–Crippen MR) is 102 cm³/mol. The molecule has 4 nitrogen and oxygen atoms in total. The van der Waals surface area contributed by atoms with E-state index in [0.29, 0.717) is 12.1 Å². The van der Waals surface area contributed by atoms with Crippen molar-refractivity contribution in [2.75, 3.05) is 0 Å². The molecule has 0 bridgehead atoms. The summed E-state index contributed by atoms with van der Waals surface area (Å²) in [6.07, 6.45) is 1.81. The van der Waals surface area contributed by atoms with Gasteiger partial charge in [-0.25, -0.2) is 0 Å². The first-order valence-corrected chi connectivity index (χ1v) is 8.94. The van der Waals surface area contributed by atoms with Gasteiger partial charge in [0.15, 0.2) is 16.8 Å². The molecule has 1 aromatic heterocycles. The second-order valence-electron chi connectivity index (χ2n) is 5.56. The number of thioether (sulfide) groups is 1. The zero-order chi connectivity index (χ0) is 17.6. The molecule has 1 atom stereocenters. The molecule has 1 heterocycles. The highest BCUT2D eigenvalue weighted by atomic mass is 32.2. The van der Waals surface area contributed by atoms with E-state index < -0.39 is 0 Å². The van der Waals surface area contributed by atoms with E-state index in [-0.39, 0.29) is 11.0 Å². The predicted octanol–water partition coefficient (Wildman–Crippen LogP) is 4.49. The van der Waals surface area contributed by atoms with E-state index in [2.05, 4.69) is 16.8 Å². The number of benzene rings is 2. The summed E-state index contributed by atoms with van der Waals surface area (Å²) in [5.41, 5.74) is 1.70. The first-order valence-electron chi connectivity index (χ1n) is 8.06. The van der Waals surface area contributed by atoms with Crippen LogP contribution in [0.3, 0.4) is 0 Å². The van der Waals surface area contributed by atoms with Crippen molar-refractivity contribution < 1.29 is 4.79 Å². The quantitative estimate of drug-likeness (QED) is 0.358. The van der Waals surface area contributed by atoms with Crippen LogP contribution in [0.1, 0.15) is 17.3 Å². The molecular weight excluding hydrogens is 330 g/mol. The number of allylic oxidation sites excluding steroid dienone is 1. The lowest BCUT2D eigenvalue weighted by atomic mass is 10.1. The van der Waals surface area contributed by atoms with E-state index in [9.17, 15) is 4.79 Å². The van der Waals surface area contributed by atoms with Gasteiger partial charge in [-0.2, -0.15) is 0 Å². The van der Waals surface area contributed by atoms with Gasteiger partial charge in [0.05, 0.1) is 5.25 Å². The molecule has 0 aliphatic rings. The molecular formula is C20H19N3OS. The van der Waals surface area contributed by atoms with Gasteiger partial charge in [0.2, 0.25) is 0 Å². The molecule has 3 rings (SSSR count). The van der Waals surface area contributed by atoms with Crippen LogP contribution in [0, 0.1) is 0 Å². The molecule has 0 fully saturated rings. The van der Waals surface area contributed by atoms with Crippen LogP contribution in [-0.2, 0) is 6.54 Å². The number of aromatic nitrogens is 3. The molecule has 0 aliphatic carbocycles. The monoisotopic (exact) mass is 349 g/mol. The summed E-state index contributed by atoms with van der Waals surface area (Å²) < 4.78 is 1.99. The lowest BCUT2D eigenvalue weighted by Crippen LogP contribution is -2.14. The Balaban J connectivity index is 1.86. The van der Waals surface area contributed by atoms with Crippen molar-refractivity contribution in [3.63, 3.8) is 0 Å². The van der Waals surface area contributed by atoms with Crippen molar-refractivity contribution in [3.05, 3.63) is 78.9 Å². The molecule has 0 radical (unpaired) electrons. The summed E-state index contributed by atoms with van der Waals surface area (Å²) in [7, 11) is 0. The number of rotatable bonds is 7. The molecule has 0 spiro atoms. The summed E-state index contributed by atoms with van der Waals surface area (Å²) in [6.45, 7) is 6.31. The van der Waals surface area contributed by atoms with E-state index in [4.69, 9.17) is 0 Å². The highest BCUT2D eigenvalue weighted by molar-refractivity contribution is 8.00. The fourth-order valence-electron chi connectivity index (χ4n) is 2.52. The van der Waals surface area contributed by atoms with Gasteiger partial charge in [0, 0.05) is 17.7 Å². The SMILES string of the molecule is C=CCn1c(SC(C)C(=O)c2ccccc2)nnc1-c1ccccc1. The fraction of sp³-hybridized carbons (Fsp3) is 0.150. The molecule has 3 aromatic rings. The number of carbonyl (C=O) groups excluding carboxylic acids is 1. The van der Waals surface area contributed by atoms with Crippen LogP contribution >= 0.6 is 11.8 Å². The third-order valence-electron chi connectivity index (χ3n) is 3.77. The molecule has 0 amide bonds. The minimum Gasteiger partial charge on any atom is -0.298 e. The van der Waals surface area contributed by atoms with Crippen LogP contribution in [0.15, 0.2) is 78.5 Å². The van der Waals surface area contributed by atoms with Gasteiger partial charge in [-0.3, -0.25) is 9.36 Å². The van der Waals surface area contributed by atoms with E-state index in [0.717, 1.165) is 16.5 Å². The average Bonchev–Trinajstić information content (AvgIpc) is 3.05. The topological polar surface area (TPSA) is 47.8 Å². The Kier molecular flexibility index (Phi) is 5.46. The number of Topliss-reactive ketones (excluding diaryl/α,β-unsaturated/α-hetero) is 1. The fourth-order valence-corrected chi connectivity index (χ4v) is 3.45. The summed E-state index contributed by atoms with van der Waals surface area (Å²) >= 11 is 1.42. The van der Waals surface area contributed by atoms with Crippen LogP contribution in [0.2, 0.25) is 0 Å². The van der Waals surface area contributed by atoms with Crippen molar-refractivity contribution in [2.45, 2.75) is 23.9 Å². The third kappa shape index (κ3) is 3.88. The van der Waals surface area contributed by atoms with Gasteiger partial charge in [0.25, 0.3) is 0 Å². The summed E-state index contributed by atoms with van der Waals surface area (Å²) in [5, 5.41) is 9.09. The zero-order valence-electron chi connectivity index (χ0n) is 14.0. The van der Waals surface area contributed by atoms with E-state index in [1.54, 1.807) is 0 Å². The standard InChI is InChI=1S/C20H19N3OS/c1-3-14-23-19(17-12-8-5-9-13-17)21-22-20(23)25-15(2)18(24)16-10-6-4-7-11-16/h3-13,15H,1,14H2,2H3. The minimum atomic E-state index is -0.251. The summed E-state index contributed by atoms with van der Waals surface area (Å²) in [6, 6.07) is 19.2. The molecule has 5 heteroatoms. The van der Waals surface area contributed by atoms with Gasteiger partial charge in [-0.15, -0.1) is 16.8 Å². The Bertz CT molecular complexity index is 859. The normalized spacial score (nSPS) is 11.9. The van der Waals surface area contributed by atoms with Gasteiger partial charge >= 0.3 is 0 Å². The smallest absolute Gasteiger partial charge is 0.192 e. The van der Waals surface area contributed by atoms with Crippen LogP contribution in [0.4, 0.5) is 0 Å². The second-order valence-corrected chi connectivity index (χ2v) is 6.87. The molecule has 126 valence electrons. The molecule has 2 aromatic carbocycles. The second kappa shape index (κ2) is 7.94. The molecule has 0 saturated carbocycles. The molecule has 0 N–H and O–H groups in total. The third-order valence-corrected chi connectivity index (χ3v) is 4.85. The first kappa shape index (κ1) is 17.2. The van der Waals surface area contributed by atoms with E-state index >= 15 is 0 Å². The maximum absolute atomic E-state index is 12.6. The first-order chi connectivity index (χ1) is 12.2. The Morgan fingerprint density at radius 2 is 1.76 bits per heavy atom.